The van der Waals surface area contributed by atoms with Gasteiger partial charge in [-0.1, -0.05) is 11.6 Å². The Bertz CT molecular complexity index is 1350. The molecule has 2 aromatic heterocycles. The van der Waals surface area contributed by atoms with Crippen molar-refractivity contribution in [1.82, 2.24) is 15.1 Å². The second-order valence-electron chi connectivity index (χ2n) is 7.83. The lowest BCUT2D eigenvalue weighted by atomic mass is 9.94. The summed E-state index contributed by atoms with van der Waals surface area (Å²) >= 11 is 9.85. The lowest BCUT2D eigenvalue weighted by Crippen LogP contribution is -2.50. The van der Waals surface area contributed by atoms with Gasteiger partial charge in [0.15, 0.2) is 0 Å². The highest BCUT2D eigenvalue weighted by molar-refractivity contribution is 9.10. The number of halogens is 9. The van der Waals surface area contributed by atoms with Crippen molar-refractivity contribution in [2.24, 2.45) is 0 Å². The van der Waals surface area contributed by atoms with Crippen LogP contribution in [0.25, 0.3) is 16.1 Å². The molecule has 36 heavy (non-hydrogen) atoms. The van der Waals surface area contributed by atoms with Gasteiger partial charge in [-0.05, 0) is 47.0 Å². The molecule has 3 aromatic rings. The van der Waals surface area contributed by atoms with Crippen LogP contribution in [0.15, 0.2) is 35.1 Å². The van der Waals surface area contributed by atoms with Gasteiger partial charge in [0.25, 0.3) is 5.91 Å². The topological polar surface area (TPSA) is 70.7 Å². The lowest BCUT2D eigenvalue weighted by Gasteiger charge is -2.30. The molecule has 2 heterocycles. The third-order valence-corrected chi connectivity index (χ3v) is 7.26. The summed E-state index contributed by atoms with van der Waals surface area (Å²) in [5, 5.41) is 15.5. The number of aromatic nitrogens is 2. The molecule has 0 radical (unpaired) electrons. The number of hydrogen-bond acceptors (Lipinski definition) is 4. The molecule has 4 rings (SSSR count). The van der Waals surface area contributed by atoms with Gasteiger partial charge >= 0.3 is 18.0 Å². The Morgan fingerprint density at radius 3 is 2.33 bits per heavy atom. The van der Waals surface area contributed by atoms with Gasteiger partial charge in [-0.2, -0.15) is 36.7 Å². The molecule has 1 aliphatic rings. The number of benzene rings is 1. The minimum absolute atomic E-state index is 0.0651. The number of hydrogen-bond donors (Lipinski definition) is 1. The second-order valence-corrected chi connectivity index (χ2v) is 10.1. The molecule has 1 saturated carbocycles. The molecule has 1 aliphatic carbocycles. The van der Waals surface area contributed by atoms with Crippen LogP contribution >= 0.6 is 38.9 Å². The lowest BCUT2D eigenvalue weighted by molar-refractivity contribution is -0.348. The number of alkyl halides is 7. The molecule has 0 aliphatic heterocycles. The minimum atomic E-state index is -6.30. The van der Waals surface area contributed by atoms with Crippen LogP contribution in [0.4, 0.5) is 30.7 Å². The van der Waals surface area contributed by atoms with Gasteiger partial charge < -0.3 is 5.32 Å². The van der Waals surface area contributed by atoms with E-state index in [9.17, 15) is 40.8 Å². The summed E-state index contributed by atoms with van der Waals surface area (Å²) < 4.78 is 94.0. The Morgan fingerprint density at radius 1 is 1.17 bits per heavy atom. The third kappa shape index (κ3) is 4.59. The highest BCUT2D eigenvalue weighted by Gasteiger charge is 2.73. The van der Waals surface area contributed by atoms with Crippen LogP contribution in [-0.4, -0.2) is 34.1 Å². The molecule has 0 unspecified atom stereocenters. The maximum Gasteiger partial charge on any atom is 0.435 e. The van der Waals surface area contributed by atoms with E-state index in [2.05, 4.69) is 26.3 Å². The van der Waals surface area contributed by atoms with Crippen LogP contribution in [0.5, 0.6) is 0 Å². The molecule has 1 amide bonds. The smallest absolute Gasteiger partial charge is 0.349 e. The first-order valence-corrected chi connectivity index (χ1v) is 11.9. The Labute approximate surface area is 215 Å². The molecule has 190 valence electrons. The predicted molar refractivity (Wildman–Crippen MR) is 120 cm³/mol. The first-order chi connectivity index (χ1) is 16.7. The maximum atomic E-state index is 14.5. The molecule has 1 fully saturated rings. The quantitative estimate of drug-likeness (QED) is 0.312. The number of carbonyl (C=O) groups excluding carboxylic acids is 1. The summed E-state index contributed by atoms with van der Waals surface area (Å²) in [5.74, 6) is -0.408. The molecular weight excluding hydrogens is 605 g/mol. The van der Waals surface area contributed by atoms with Gasteiger partial charge in [-0.15, -0.1) is 11.3 Å². The van der Waals surface area contributed by atoms with Crippen molar-refractivity contribution in [2.45, 2.75) is 36.9 Å². The number of thiophene rings is 1. The molecule has 15 heteroatoms. The third-order valence-electron chi connectivity index (χ3n) is 5.28. The number of nitrogens with one attached hydrogen (secondary N) is 1. The molecule has 0 bridgehead atoms. The Kier molecular flexibility index (Phi) is 6.64. The molecule has 5 nitrogen and oxygen atoms in total. The van der Waals surface area contributed by atoms with E-state index in [1.807, 2.05) is 6.07 Å². The Morgan fingerprint density at radius 2 is 1.81 bits per heavy atom. The first kappa shape index (κ1) is 26.4. The van der Waals surface area contributed by atoms with Crippen LogP contribution < -0.4 is 5.32 Å². The van der Waals surface area contributed by atoms with Gasteiger partial charge in [0.1, 0.15) is 10.9 Å². The Balaban J connectivity index is 1.71. The van der Waals surface area contributed by atoms with Crippen molar-refractivity contribution in [2.75, 3.05) is 0 Å². The van der Waals surface area contributed by atoms with E-state index in [4.69, 9.17) is 11.6 Å². The van der Waals surface area contributed by atoms with Crippen LogP contribution in [0.3, 0.4) is 0 Å². The summed E-state index contributed by atoms with van der Waals surface area (Å²) in [6.45, 7) is 0. The van der Waals surface area contributed by atoms with Crippen molar-refractivity contribution >= 4 is 44.8 Å². The average Bonchev–Trinajstić information content (AvgIpc) is 3.27. The highest BCUT2D eigenvalue weighted by atomic mass is 79.9. The predicted octanol–water partition coefficient (Wildman–Crippen LogP) is 7.07. The standard InChI is InChI=1S/C21H11BrClF7N4OS/c22-13-3-10(19(24,20(25,26)27)21(28,29)30)4-14(23)17(13)34-8-9(7-32-34)15-5-12(16(6-31)36-15)18(35)33-11-1-2-11/h3-5,7-8,11H,1-2H2,(H,33,35). The summed E-state index contributed by atoms with van der Waals surface area (Å²) in [7, 11) is 0. The fraction of sp³-hybridized carbons (Fsp3) is 0.286. The number of nitriles is 1. The largest absolute Gasteiger partial charge is 0.435 e. The van der Waals surface area contributed by atoms with Gasteiger partial charge in [0, 0.05) is 32.7 Å². The zero-order chi connectivity index (χ0) is 26.6. The van der Waals surface area contributed by atoms with Crippen molar-refractivity contribution in [3.05, 3.63) is 56.1 Å². The number of amides is 1. The maximum absolute atomic E-state index is 14.5. The minimum Gasteiger partial charge on any atom is -0.349 e. The van der Waals surface area contributed by atoms with Crippen molar-refractivity contribution in [3.8, 4) is 22.2 Å². The average molecular weight is 616 g/mol. The summed E-state index contributed by atoms with van der Waals surface area (Å²) in [6, 6.07) is 4.06. The SMILES string of the molecule is N#Cc1sc(-c2cnn(-c3c(Cl)cc(C(F)(C(F)(F)F)C(F)(F)F)cc3Br)c2)cc1C(=O)NC1CC1. The van der Waals surface area contributed by atoms with Crippen LogP contribution in [-0.2, 0) is 5.67 Å². The molecule has 0 atom stereocenters. The summed E-state index contributed by atoms with van der Waals surface area (Å²) in [5.41, 5.74) is -7.00. The molecule has 1 N–H and O–H groups in total. The molecule has 1 aromatic carbocycles. The van der Waals surface area contributed by atoms with Crippen molar-refractivity contribution in [1.29, 1.82) is 5.26 Å². The zero-order valence-electron chi connectivity index (χ0n) is 17.4. The van der Waals surface area contributed by atoms with E-state index in [0.717, 1.165) is 28.9 Å². The molecule has 0 spiro atoms. The highest BCUT2D eigenvalue weighted by Crippen LogP contribution is 2.54. The summed E-state index contributed by atoms with van der Waals surface area (Å²) in [4.78, 5) is 13.0. The molecule has 0 saturated heterocycles. The van der Waals surface area contributed by atoms with Gasteiger partial charge in [0.2, 0.25) is 0 Å². The summed E-state index contributed by atoms with van der Waals surface area (Å²) in [6.07, 6.45) is -8.25. The van der Waals surface area contributed by atoms with E-state index < -0.39 is 34.5 Å². The zero-order valence-corrected chi connectivity index (χ0v) is 20.6. The van der Waals surface area contributed by atoms with Crippen LogP contribution in [0.2, 0.25) is 5.02 Å². The Hall–Kier alpha value is -2.63. The first-order valence-electron chi connectivity index (χ1n) is 9.89. The van der Waals surface area contributed by atoms with E-state index in [1.54, 1.807) is 0 Å². The second kappa shape index (κ2) is 9.04. The van der Waals surface area contributed by atoms with Crippen LogP contribution in [0.1, 0.15) is 33.6 Å². The van der Waals surface area contributed by atoms with E-state index in [0.29, 0.717) is 16.5 Å². The number of rotatable bonds is 5. The fourth-order valence-electron chi connectivity index (χ4n) is 3.32. The normalized spacial score (nSPS) is 14.6. The van der Waals surface area contributed by atoms with Gasteiger partial charge in [-0.3, -0.25) is 4.79 Å². The van der Waals surface area contributed by atoms with Gasteiger partial charge in [-0.25, -0.2) is 9.07 Å². The van der Waals surface area contributed by atoms with E-state index in [1.165, 1.54) is 18.5 Å². The fourth-order valence-corrected chi connectivity index (χ4v) is 5.31. The number of nitrogens with zero attached hydrogens (tertiary/aromatic N) is 3. The monoisotopic (exact) mass is 614 g/mol. The van der Waals surface area contributed by atoms with Crippen molar-refractivity contribution in [3.63, 3.8) is 0 Å². The van der Waals surface area contributed by atoms with Crippen LogP contribution in [0, 0.1) is 11.3 Å². The van der Waals surface area contributed by atoms with Gasteiger partial charge in [0.05, 0.1) is 22.5 Å². The van der Waals surface area contributed by atoms with Crippen molar-refractivity contribution < 1.29 is 35.5 Å². The van der Waals surface area contributed by atoms with E-state index >= 15 is 0 Å². The molecular formula is C21H11BrClF7N4OS. The van der Waals surface area contributed by atoms with E-state index in [-0.39, 0.29) is 32.7 Å². The number of carbonyl (C=O) groups is 1.